The van der Waals surface area contributed by atoms with Crippen molar-refractivity contribution in [3.63, 3.8) is 0 Å². The minimum absolute atomic E-state index is 0.134. The molecule has 2 rings (SSSR count). The fourth-order valence-corrected chi connectivity index (χ4v) is 2.44. The van der Waals surface area contributed by atoms with E-state index >= 15 is 0 Å². The summed E-state index contributed by atoms with van der Waals surface area (Å²) in [5.41, 5.74) is 0.359. The molecule has 0 spiro atoms. The molecule has 24 heavy (non-hydrogen) atoms. The summed E-state index contributed by atoms with van der Waals surface area (Å²) < 4.78 is 31.4. The molecule has 4 N–H and O–H groups in total. The normalized spacial score (nSPS) is 11.3. The average molecular weight is 355 g/mol. The van der Waals surface area contributed by atoms with Crippen LogP contribution < -0.4 is 10.2 Å². The van der Waals surface area contributed by atoms with Crippen LogP contribution in [0.2, 0.25) is 0 Å². The summed E-state index contributed by atoms with van der Waals surface area (Å²) in [6.07, 6.45) is 1.25. The maximum Gasteiger partial charge on any atom is 0.294 e. The van der Waals surface area contributed by atoms with Crippen molar-refractivity contribution in [1.82, 2.24) is 15.0 Å². The fraction of sp³-hybridized carbons (Fsp3) is 0.308. The highest BCUT2D eigenvalue weighted by Gasteiger charge is 2.12. The fourth-order valence-electron chi connectivity index (χ4n) is 1.92. The second-order valence-corrected chi connectivity index (χ2v) is 6.09. The van der Waals surface area contributed by atoms with Crippen LogP contribution in [0.15, 0.2) is 35.5 Å². The van der Waals surface area contributed by atoms with E-state index in [4.69, 9.17) is 14.8 Å². The molecule has 0 aliphatic heterocycles. The Morgan fingerprint density at radius 3 is 2.46 bits per heavy atom. The lowest BCUT2D eigenvalue weighted by molar-refractivity contribution is 0.280. The Labute approximate surface area is 138 Å². The van der Waals surface area contributed by atoms with E-state index in [0.29, 0.717) is 5.69 Å². The Morgan fingerprint density at radius 2 is 1.83 bits per heavy atom. The second kappa shape index (κ2) is 7.97. The summed E-state index contributed by atoms with van der Waals surface area (Å²) in [7, 11) is -4.31. The van der Waals surface area contributed by atoms with Gasteiger partial charge in [0.2, 0.25) is 11.9 Å². The highest BCUT2D eigenvalue weighted by molar-refractivity contribution is 7.85. The quantitative estimate of drug-likeness (QED) is 0.463. The Hall–Kier alpha value is -2.34. The van der Waals surface area contributed by atoms with E-state index in [1.807, 2.05) is 0 Å². The molecule has 130 valence electrons. The monoisotopic (exact) mass is 355 g/mol. The number of anilines is 3. The third kappa shape index (κ3) is 4.83. The van der Waals surface area contributed by atoms with Gasteiger partial charge in [0.25, 0.3) is 10.1 Å². The smallest absolute Gasteiger partial charge is 0.294 e. The third-order valence-corrected chi connectivity index (χ3v) is 3.82. The van der Waals surface area contributed by atoms with Gasteiger partial charge in [0.1, 0.15) is 6.33 Å². The van der Waals surface area contributed by atoms with Gasteiger partial charge in [0, 0.05) is 18.8 Å². The van der Waals surface area contributed by atoms with Crippen molar-refractivity contribution in [2.75, 3.05) is 36.5 Å². The molecule has 0 bridgehead atoms. The zero-order valence-electron chi connectivity index (χ0n) is 12.6. The van der Waals surface area contributed by atoms with Crippen LogP contribution in [0.4, 0.5) is 17.6 Å². The summed E-state index contributed by atoms with van der Waals surface area (Å²) in [5.74, 6) is 0.398. The minimum atomic E-state index is -4.31. The summed E-state index contributed by atoms with van der Waals surface area (Å²) >= 11 is 0. The molecule has 2 aromatic rings. The van der Waals surface area contributed by atoms with Crippen molar-refractivity contribution in [3.05, 3.63) is 30.6 Å². The van der Waals surface area contributed by atoms with Gasteiger partial charge in [0.05, 0.1) is 18.1 Å². The van der Waals surface area contributed by atoms with Gasteiger partial charge in [-0.15, -0.1) is 0 Å². The third-order valence-electron chi connectivity index (χ3n) is 2.97. The number of nitrogens with zero attached hydrogens (tertiary/aromatic N) is 4. The van der Waals surface area contributed by atoms with Crippen molar-refractivity contribution in [1.29, 1.82) is 0 Å². The van der Waals surface area contributed by atoms with Crippen LogP contribution in [0.5, 0.6) is 0 Å². The van der Waals surface area contributed by atoms with E-state index in [9.17, 15) is 8.42 Å². The molecule has 0 aliphatic carbocycles. The number of hydrogen-bond donors (Lipinski definition) is 4. The molecular weight excluding hydrogens is 338 g/mol. The SMILES string of the molecule is O=S(=O)(O)c1cccc(Nc2ncnc(N(CCO)CCO)n2)c1. The number of aromatic nitrogens is 3. The van der Waals surface area contributed by atoms with Crippen LogP contribution in [0, 0.1) is 0 Å². The van der Waals surface area contributed by atoms with Crippen molar-refractivity contribution in [2.45, 2.75) is 4.90 Å². The molecule has 1 aromatic heterocycles. The van der Waals surface area contributed by atoms with E-state index < -0.39 is 10.1 Å². The van der Waals surface area contributed by atoms with E-state index in [0.717, 1.165) is 0 Å². The van der Waals surface area contributed by atoms with Crippen molar-refractivity contribution >= 4 is 27.7 Å². The molecule has 0 saturated carbocycles. The number of aliphatic hydroxyl groups excluding tert-OH is 2. The zero-order chi connectivity index (χ0) is 17.6. The van der Waals surface area contributed by atoms with Gasteiger partial charge in [-0.2, -0.15) is 13.4 Å². The lowest BCUT2D eigenvalue weighted by Crippen LogP contribution is -2.31. The molecule has 0 fully saturated rings. The van der Waals surface area contributed by atoms with Crippen LogP contribution in [-0.2, 0) is 10.1 Å². The molecule has 1 aromatic carbocycles. The number of aliphatic hydroxyl groups is 2. The van der Waals surface area contributed by atoms with Crippen LogP contribution in [0.25, 0.3) is 0 Å². The van der Waals surface area contributed by atoms with Crippen molar-refractivity contribution < 1.29 is 23.2 Å². The molecule has 11 heteroatoms. The van der Waals surface area contributed by atoms with E-state index in [2.05, 4.69) is 20.3 Å². The molecule has 0 aliphatic rings. The van der Waals surface area contributed by atoms with Gasteiger partial charge in [0.15, 0.2) is 0 Å². The predicted octanol–water partition coefficient (Wildman–Crippen LogP) is -0.347. The first-order chi connectivity index (χ1) is 11.4. The number of rotatable bonds is 8. The van der Waals surface area contributed by atoms with Gasteiger partial charge in [-0.1, -0.05) is 6.07 Å². The van der Waals surface area contributed by atoms with Crippen molar-refractivity contribution in [3.8, 4) is 0 Å². The largest absolute Gasteiger partial charge is 0.395 e. The summed E-state index contributed by atoms with van der Waals surface area (Å²) in [6, 6.07) is 5.52. The van der Waals surface area contributed by atoms with Crippen molar-refractivity contribution in [2.24, 2.45) is 0 Å². The number of nitrogens with one attached hydrogen (secondary N) is 1. The van der Waals surface area contributed by atoms with Crippen LogP contribution in [-0.4, -0.2) is 64.4 Å². The summed E-state index contributed by atoms with van der Waals surface area (Å²) in [5, 5.41) is 20.9. The summed E-state index contributed by atoms with van der Waals surface area (Å²) in [4.78, 5) is 13.4. The molecule has 10 nitrogen and oxygen atoms in total. The Morgan fingerprint density at radius 1 is 1.12 bits per heavy atom. The van der Waals surface area contributed by atoms with Gasteiger partial charge < -0.3 is 20.4 Å². The second-order valence-electron chi connectivity index (χ2n) is 4.67. The molecule has 0 radical (unpaired) electrons. The van der Waals surface area contributed by atoms with Crippen LogP contribution in [0.1, 0.15) is 0 Å². The Kier molecular flexibility index (Phi) is 5.98. The van der Waals surface area contributed by atoms with E-state index in [1.165, 1.54) is 24.5 Å². The minimum Gasteiger partial charge on any atom is -0.395 e. The maximum atomic E-state index is 11.2. The first kappa shape index (κ1) is 18.0. The Bertz CT molecular complexity index is 780. The topological polar surface area (TPSA) is 149 Å². The van der Waals surface area contributed by atoms with E-state index in [1.54, 1.807) is 11.0 Å². The standard InChI is InChI=1S/C13H17N5O5S/c19-6-4-18(5-7-20)13-15-9-14-12(17-13)16-10-2-1-3-11(8-10)24(21,22)23/h1-3,8-9,19-20H,4-7H2,(H,21,22,23)(H,14,15,16,17). The van der Waals surface area contributed by atoms with Gasteiger partial charge >= 0.3 is 0 Å². The Balaban J connectivity index is 2.23. The zero-order valence-corrected chi connectivity index (χ0v) is 13.4. The van der Waals surface area contributed by atoms with E-state index in [-0.39, 0.29) is 43.1 Å². The lowest BCUT2D eigenvalue weighted by atomic mass is 10.3. The average Bonchev–Trinajstić information content (AvgIpc) is 2.54. The first-order valence-electron chi connectivity index (χ1n) is 6.94. The maximum absolute atomic E-state index is 11.2. The molecular formula is C13H17N5O5S. The molecule has 0 atom stereocenters. The first-order valence-corrected chi connectivity index (χ1v) is 8.38. The predicted molar refractivity (Wildman–Crippen MR) is 85.8 cm³/mol. The highest BCUT2D eigenvalue weighted by atomic mass is 32.2. The number of benzene rings is 1. The van der Waals surface area contributed by atoms with Crippen LogP contribution >= 0.6 is 0 Å². The summed E-state index contributed by atoms with van der Waals surface area (Å²) in [6.45, 7) is 0.209. The van der Waals surface area contributed by atoms with Gasteiger partial charge in [-0.25, -0.2) is 9.97 Å². The number of hydrogen-bond acceptors (Lipinski definition) is 9. The molecule has 0 saturated heterocycles. The molecule has 1 heterocycles. The van der Waals surface area contributed by atoms with Crippen LogP contribution in [0.3, 0.4) is 0 Å². The highest BCUT2D eigenvalue weighted by Crippen LogP contribution is 2.18. The molecule has 0 amide bonds. The lowest BCUT2D eigenvalue weighted by Gasteiger charge is -2.20. The van der Waals surface area contributed by atoms with Gasteiger partial charge in [-0.05, 0) is 18.2 Å². The molecule has 0 unspecified atom stereocenters. The van der Waals surface area contributed by atoms with Gasteiger partial charge in [-0.3, -0.25) is 4.55 Å².